The highest BCUT2D eigenvalue weighted by molar-refractivity contribution is 4.93. The largest absolute Gasteiger partial charge is 0.394 e. The van der Waals surface area contributed by atoms with Crippen LogP contribution in [0.4, 0.5) is 0 Å². The van der Waals surface area contributed by atoms with Crippen LogP contribution in [0.5, 0.6) is 0 Å². The van der Waals surface area contributed by atoms with Gasteiger partial charge in [0.05, 0.1) is 18.8 Å². The summed E-state index contributed by atoms with van der Waals surface area (Å²) in [7, 11) is 0. The minimum absolute atomic E-state index is 0.239. The third kappa shape index (κ3) is 2.10. The summed E-state index contributed by atoms with van der Waals surface area (Å²) in [6.07, 6.45) is 4.35. The molecule has 2 unspecified atom stereocenters. The molecule has 0 aromatic carbocycles. The zero-order valence-corrected chi connectivity index (χ0v) is 8.95. The van der Waals surface area contributed by atoms with E-state index < -0.39 is 17.6 Å². The van der Waals surface area contributed by atoms with E-state index in [4.69, 9.17) is 5.11 Å². The highest BCUT2D eigenvalue weighted by Crippen LogP contribution is 2.43. The molecule has 2 atom stereocenters. The quantitative estimate of drug-likeness (QED) is 0.639. The SMILES string of the molecule is CCC(O)C1(C(O)CO)CCCCC1. The minimum Gasteiger partial charge on any atom is -0.394 e. The average molecular weight is 202 g/mol. The van der Waals surface area contributed by atoms with Crippen molar-refractivity contribution in [2.75, 3.05) is 6.61 Å². The van der Waals surface area contributed by atoms with E-state index in [0.29, 0.717) is 6.42 Å². The fourth-order valence-electron chi connectivity index (χ4n) is 2.69. The first-order valence-electron chi connectivity index (χ1n) is 5.64. The van der Waals surface area contributed by atoms with Crippen molar-refractivity contribution >= 4 is 0 Å². The molecule has 0 aromatic heterocycles. The van der Waals surface area contributed by atoms with Crippen LogP contribution in [-0.2, 0) is 0 Å². The molecule has 0 aromatic rings. The van der Waals surface area contributed by atoms with E-state index in [1.54, 1.807) is 0 Å². The summed E-state index contributed by atoms with van der Waals surface area (Å²) in [6, 6.07) is 0. The third-order valence-corrected chi connectivity index (χ3v) is 3.67. The number of aliphatic hydroxyl groups is 3. The molecule has 0 aliphatic heterocycles. The van der Waals surface area contributed by atoms with Gasteiger partial charge in [-0.25, -0.2) is 0 Å². The van der Waals surface area contributed by atoms with Crippen molar-refractivity contribution in [3.63, 3.8) is 0 Å². The van der Waals surface area contributed by atoms with Gasteiger partial charge in [0, 0.05) is 5.41 Å². The van der Waals surface area contributed by atoms with Gasteiger partial charge in [-0.1, -0.05) is 26.2 Å². The van der Waals surface area contributed by atoms with Gasteiger partial charge in [-0.3, -0.25) is 0 Å². The lowest BCUT2D eigenvalue weighted by molar-refractivity contribution is -0.110. The normalized spacial score (nSPS) is 25.7. The van der Waals surface area contributed by atoms with Gasteiger partial charge in [0.25, 0.3) is 0 Å². The lowest BCUT2D eigenvalue weighted by atomic mass is 9.66. The van der Waals surface area contributed by atoms with Crippen molar-refractivity contribution in [3.05, 3.63) is 0 Å². The van der Waals surface area contributed by atoms with Crippen LogP contribution in [-0.4, -0.2) is 34.1 Å². The molecule has 0 amide bonds. The summed E-state index contributed by atoms with van der Waals surface area (Å²) >= 11 is 0. The molecule has 1 aliphatic carbocycles. The molecule has 0 saturated heterocycles. The second kappa shape index (κ2) is 5.10. The van der Waals surface area contributed by atoms with Gasteiger partial charge in [0.2, 0.25) is 0 Å². The van der Waals surface area contributed by atoms with E-state index in [0.717, 1.165) is 25.7 Å². The highest BCUT2D eigenvalue weighted by Gasteiger charge is 2.43. The predicted octanol–water partition coefficient (Wildman–Crippen LogP) is 1.06. The molecule has 14 heavy (non-hydrogen) atoms. The molecular weight excluding hydrogens is 180 g/mol. The van der Waals surface area contributed by atoms with Crippen molar-refractivity contribution in [1.29, 1.82) is 0 Å². The first kappa shape index (κ1) is 12.0. The summed E-state index contributed by atoms with van der Waals surface area (Å²) in [4.78, 5) is 0. The molecular formula is C11H22O3. The Labute approximate surface area is 85.8 Å². The summed E-state index contributed by atoms with van der Waals surface area (Å²) < 4.78 is 0. The van der Waals surface area contributed by atoms with Crippen molar-refractivity contribution in [1.82, 2.24) is 0 Å². The Hall–Kier alpha value is -0.120. The second-order valence-electron chi connectivity index (χ2n) is 4.42. The van der Waals surface area contributed by atoms with E-state index in [-0.39, 0.29) is 6.61 Å². The Morgan fingerprint density at radius 2 is 1.64 bits per heavy atom. The van der Waals surface area contributed by atoms with Gasteiger partial charge in [-0.15, -0.1) is 0 Å². The predicted molar refractivity (Wildman–Crippen MR) is 54.9 cm³/mol. The molecule has 3 heteroatoms. The maximum Gasteiger partial charge on any atom is 0.0851 e. The summed E-state index contributed by atoms with van der Waals surface area (Å²) in [5, 5.41) is 28.8. The van der Waals surface area contributed by atoms with Gasteiger partial charge >= 0.3 is 0 Å². The summed E-state index contributed by atoms with van der Waals surface area (Å²) in [6.45, 7) is 1.68. The van der Waals surface area contributed by atoms with Crippen LogP contribution in [0.15, 0.2) is 0 Å². The standard InChI is InChI=1S/C11H22O3/c1-2-9(13)11(10(14)8-12)6-4-3-5-7-11/h9-10,12-14H,2-8H2,1H3. The first-order valence-corrected chi connectivity index (χ1v) is 5.64. The lowest BCUT2D eigenvalue weighted by Crippen LogP contribution is -2.48. The molecule has 0 spiro atoms. The third-order valence-electron chi connectivity index (χ3n) is 3.67. The van der Waals surface area contributed by atoms with Crippen LogP contribution in [0, 0.1) is 5.41 Å². The van der Waals surface area contributed by atoms with Crippen molar-refractivity contribution in [2.24, 2.45) is 5.41 Å². The van der Waals surface area contributed by atoms with Gasteiger partial charge in [-0.05, 0) is 19.3 Å². The van der Waals surface area contributed by atoms with E-state index in [1.807, 2.05) is 6.92 Å². The maximum absolute atomic E-state index is 9.96. The summed E-state index contributed by atoms with van der Waals surface area (Å²) in [5.41, 5.74) is -0.443. The summed E-state index contributed by atoms with van der Waals surface area (Å²) in [5.74, 6) is 0. The first-order chi connectivity index (χ1) is 6.67. The van der Waals surface area contributed by atoms with E-state index >= 15 is 0 Å². The van der Waals surface area contributed by atoms with Crippen LogP contribution in [0.25, 0.3) is 0 Å². The molecule has 84 valence electrons. The minimum atomic E-state index is -0.766. The second-order valence-corrected chi connectivity index (χ2v) is 4.42. The smallest absolute Gasteiger partial charge is 0.0851 e. The van der Waals surface area contributed by atoms with Crippen molar-refractivity contribution in [3.8, 4) is 0 Å². The molecule has 0 heterocycles. The number of rotatable bonds is 4. The van der Waals surface area contributed by atoms with Crippen LogP contribution >= 0.6 is 0 Å². The van der Waals surface area contributed by atoms with Gasteiger partial charge in [0.1, 0.15) is 0 Å². The van der Waals surface area contributed by atoms with Crippen molar-refractivity contribution < 1.29 is 15.3 Å². The van der Waals surface area contributed by atoms with Gasteiger partial charge < -0.3 is 15.3 Å². The van der Waals surface area contributed by atoms with E-state index in [9.17, 15) is 10.2 Å². The molecule has 3 nitrogen and oxygen atoms in total. The molecule has 0 radical (unpaired) electrons. The maximum atomic E-state index is 9.96. The fraction of sp³-hybridized carbons (Fsp3) is 1.00. The van der Waals surface area contributed by atoms with Crippen LogP contribution in [0.2, 0.25) is 0 Å². The Balaban J connectivity index is 2.76. The number of hydrogen-bond donors (Lipinski definition) is 3. The van der Waals surface area contributed by atoms with Crippen LogP contribution < -0.4 is 0 Å². The highest BCUT2D eigenvalue weighted by atomic mass is 16.3. The zero-order chi connectivity index (χ0) is 10.6. The average Bonchev–Trinajstić information content (AvgIpc) is 2.27. The number of hydrogen-bond acceptors (Lipinski definition) is 3. The molecule has 1 aliphatic rings. The molecule has 3 N–H and O–H groups in total. The fourth-order valence-corrected chi connectivity index (χ4v) is 2.69. The molecule has 0 bridgehead atoms. The topological polar surface area (TPSA) is 60.7 Å². The Morgan fingerprint density at radius 3 is 2.07 bits per heavy atom. The molecule has 1 rings (SSSR count). The monoisotopic (exact) mass is 202 g/mol. The van der Waals surface area contributed by atoms with Gasteiger partial charge in [-0.2, -0.15) is 0 Å². The molecule has 1 saturated carbocycles. The lowest BCUT2D eigenvalue weighted by Gasteiger charge is -2.43. The number of aliphatic hydroxyl groups excluding tert-OH is 3. The molecule has 1 fully saturated rings. The Kier molecular flexibility index (Phi) is 4.35. The Morgan fingerprint density at radius 1 is 1.07 bits per heavy atom. The van der Waals surface area contributed by atoms with E-state index in [2.05, 4.69) is 0 Å². The van der Waals surface area contributed by atoms with Crippen LogP contribution in [0.3, 0.4) is 0 Å². The van der Waals surface area contributed by atoms with E-state index in [1.165, 1.54) is 6.42 Å². The Bertz CT molecular complexity index is 152. The van der Waals surface area contributed by atoms with Gasteiger partial charge in [0.15, 0.2) is 0 Å². The van der Waals surface area contributed by atoms with Crippen molar-refractivity contribution in [2.45, 2.75) is 57.7 Å². The van der Waals surface area contributed by atoms with Crippen LogP contribution in [0.1, 0.15) is 45.4 Å². The zero-order valence-electron chi connectivity index (χ0n) is 8.95.